The zero-order valence-corrected chi connectivity index (χ0v) is 11.9. The lowest BCUT2D eigenvalue weighted by Gasteiger charge is -2.19. The normalized spacial score (nSPS) is 10.9. The van der Waals surface area contributed by atoms with E-state index >= 15 is 0 Å². The molecule has 1 aromatic carbocycles. The van der Waals surface area contributed by atoms with Gasteiger partial charge in [-0.2, -0.15) is 0 Å². The Bertz CT molecular complexity index is 443. The molecule has 1 aromatic rings. The summed E-state index contributed by atoms with van der Waals surface area (Å²) in [6, 6.07) is 7.39. The number of benzene rings is 1. The molecule has 104 valence electrons. The molecule has 0 aliphatic rings. The van der Waals surface area contributed by atoms with Gasteiger partial charge in [0.2, 0.25) is 0 Å². The summed E-state index contributed by atoms with van der Waals surface area (Å²) >= 11 is 0. The van der Waals surface area contributed by atoms with Gasteiger partial charge in [-0.3, -0.25) is 9.59 Å². The average molecular weight is 263 g/mol. The van der Waals surface area contributed by atoms with Crippen molar-refractivity contribution in [2.45, 2.75) is 33.1 Å². The van der Waals surface area contributed by atoms with Crippen molar-refractivity contribution >= 4 is 11.9 Å². The Hall–Kier alpha value is -1.84. The second kappa shape index (κ2) is 6.36. The molecule has 4 heteroatoms. The smallest absolute Gasteiger partial charge is 0.325 e. The van der Waals surface area contributed by atoms with Crippen LogP contribution in [0.1, 0.15) is 43.6 Å². The average Bonchev–Trinajstić information content (AvgIpc) is 2.35. The highest BCUT2D eigenvalue weighted by atomic mass is 16.5. The van der Waals surface area contributed by atoms with Crippen molar-refractivity contribution in [2.75, 3.05) is 13.2 Å². The van der Waals surface area contributed by atoms with Crippen LogP contribution in [-0.4, -0.2) is 25.0 Å². The van der Waals surface area contributed by atoms with E-state index in [0.717, 1.165) is 5.56 Å². The number of carbonyl (C=O) groups excluding carboxylic acids is 2. The third kappa shape index (κ3) is 4.73. The first-order chi connectivity index (χ1) is 8.84. The SMILES string of the molecule is CCOC(=O)CNC(=O)c1ccc(C(C)(C)C)cc1. The molecule has 0 saturated heterocycles. The fraction of sp³-hybridized carbons (Fsp3) is 0.467. The molecule has 0 heterocycles. The van der Waals surface area contributed by atoms with Gasteiger partial charge in [-0.15, -0.1) is 0 Å². The minimum absolute atomic E-state index is 0.0555. The van der Waals surface area contributed by atoms with Crippen molar-refractivity contribution in [2.24, 2.45) is 0 Å². The molecule has 0 aliphatic carbocycles. The number of nitrogens with one attached hydrogen (secondary N) is 1. The van der Waals surface area contributed by atoms with Crippen LogP contribution in [0.2, 0.25) is 0 Å². The summed E-state index contributed by atoms with van der Waals surface area (Å²) in [5.74, 6) is -0.698. The maximum atomic E-state index is 11.8. The van der Waals surface area contributed by atoms with E-state index in [0.29, 0.717) is 12.2 Å². The summed E-state index contributed by atoms with van der Waals surface area (Å²) in [6.07, 6.45) is 0. The van der Waals surface area contributed by atoms with E-state index < -0.39 is 5.97 Å². The second-order valence-electron chi connectivity index (χ2n) is 5.32. The highest BCUT2D eigenvalue weighted by Gasteiger charge is 2.14. The van der Waals surface area contributed by atoms with Crippen LogP contribution in [0, 0.1) is 0 Å². The van der Waals surface area contributed by atoms with Crippen LogP contribution in [-0.2, 0) is 14.9 Å². The van der Waals surface area contributed by atoms with E-state index in [-0.39, 0.29) is 17.9 Å². The van der Waals surface area contributed by atoms with Crippen molar-refractivity contribution in [3.8, 4) is 0 Å². The molecule has 1 N–H and O–H groups in total. The Morgan fingerprint density at radius 2 is 1.74 bits per heavy atom. The fourth-order valence-corrected chi connectivity index (χ4v) is 1.59. The second-order valence-corrected chi connectivity index (χ2v) is 5.32. The fourth-order valence-electron chi connectivity index (χ4n) is 1.59. The first-order valence-electron chi connectivity index (χ1n) is 6.39. The van der Waals surface area contributed by atoms with Crippen molar-refractivity contribution in [3.63, 3.8) is 0 Å². The number of esters is 1. The zero-order chi connectivity index (χ0) is 14.5. The van der Waals surface area contributed by atoms with Crippen molar-refractivity contribution in [1.82, 2.24) is 5.32 Å². The topological polar surface area (TPSA) is 55.4 Å². The monoisotopic (exact) mass is 263 g/mol. The molecular formula is C15H21NO3. The number of amides is 1. The standard InChI is InChI=1S/C15H21NO3/c1-5-19-13(17)10-16-14(18)11-6-8-12(9-7-11)15(2,3)4/h6-9H,5,10H2,1-4H3,(H,16,18). The molecule has 0 unspecified atom stereocenters. The first kappa shape index (κ1) is 15.2. The molecule has 19 heavy (non-hydrogen) atoms. The lowest BCUT2D eigenvalue weighted by atomic mass is 9.87. The minimum atomic E-state index is -0.429. The Morgan fingerprint density at radius 1 is 1.16 bits per heavy atom. The summed E-state index contributed by atoms with van der Waals surface area (Å²) in [4.78, 5) is 22.9. The molecule has 0 bridgehead atoms. The maximum absolute atomic E-state index is 11.8. The van der Waals surface area contributed by atoms with Crippen LogP contribution in [0.4, 0.5) is 0 Å². The van der Waals surface area contributed by atoms with E-state index in [1.54, 1.807) is 19.1 Å². The molecule has 0 radical (unpaired) electrons. The van der Waals surface area contributed by atoms with Crippen LogP contribution < -0.4 is 5.32 Å². The minimum Gasteiger partial charge on any atom is -0.465 e. The van der Waals surface area contributed by atoms with Gasteiger partial charge >= 0.3 is 5.97 Å². The van der Waals surface area contributed by atoms with Gasteiger partial charge in [-0.1, -0.05) is 32.9 Å². The van der Waals surface area contributed by atoms with E-state index in [2.05, 4.69) is 26.1 Å². The van der Waals surface area contributed by atoms with E-state index in [4.69, 9.17) is 4.74 Å². The predicted molar refractivity (Wildman–Crippen MR) is 74.1 cm³/mol. The third-order valence-corrected chi connectivity index (χ3v) is 2.71. The highest BCUT2D eigenvalue weighted by molar-refractivity contribution is 5.95. The predicted octanol–water partition coefficient (Wildman–Crippen LogP) is 2.28. The Balaban J connectivity index is 2.61. The number of carbonyl (C=O) groups is 2. The Labute approximate surface area is 114 Å². The maximum Gasteiger partial charge on any atom is 0.325 e. The number of hydrogen-bond acceptors (Lipinski definition) is 3. The van der Waals surface area contributed by atoms with Gasteiger partial charge in [0.05, 0.1) is 6.61 Å². The van der Waals surface area contributed by atoms with Crippen LogP contribution in [0.25, 0.3) is 0 Å². The van der Waals surface area contributed by atoms with Crippen molar-refractivity contribution < 1.29 is 14.3 Å². The summed E-state index contributed by atoms with van der Waals surface area (Å²) < 4.78 is 4.74. The quantitative estimate of drug-likeness (QED) is 0.848. The van der Waals surface area contributed by atoms with Gasteiger partial charge in [-0.05, 0) is 30.0 Å². The van der Waals surface area contributed by atoms with Crippen molar-refractivity contribution in [3.05, 3.63) is 35.4 Å². The molecular weight excluding hydrogens is 242 g/mol. The zero-order valence-electron chi connectivity index (χ0n) is 11.9. The lowest BCUT2D eigenvalue weighted by Crippen LogP contribution is -2.30. The van der Waals surface area contributed by atoms with E-state index in [1.165, 1.54) is 0 Å². The largest absolute Gasteiger partial charge is 0.465 e. The molecule has 0 atom stereocenters. The third-order valence-electron chi connectivity index (χ3n) is 2.71. The summed E-state index contributed by atoms with van der Waals surface area (Å²) in [5, 5.41) is 2.53. The molecule has 0 fully saturated rings. The van der Waals surface area contributed by atoms with E-state index in [1.807, 2.05) is 12.1 Å². The van der Waals surface area contributed by atoms with Crippen LogP contribution in [0.5, 0.6) is 0 Å². The van der Waals surface area contributed by atoms with Gasteiger partial charge in [0.15, 0.2) is 0 Å². The first-order valence-corrected chi connectivity index (χ1v) is 6.39. The van der Waals surface area contributed by atoms with Crippen LogP contribution in [0.15, 0.2) is 24.3 Å². The molecule has 0 spiro atoms. The molecule has 0 aromatic heterocycles. The number of hydrogen-bond donors (Lipinski definition) is 1. The van der Waals surface area contributed by atoms with Gasteiger partial charge in [0.1, 0.15) is 6.54 Å². The molecule has 1 amide bonds. The van der Waals surface area contributed by atoms with Gasteiger partial charge in [0, 0.05) is 5.56 Å². The number of rotatable bonds is 4. The highest BCUT2D eigenvalue weighted by Crippen LogP contribution is 2.22. The van der Waals surface area contributed by atoms with Gasteiger partial charge in [0.25, 0.3) is 5.91 Å². The Kier molecular flexibility index (Phi) is 5.10. The molecule has 0 saturated carbocycles. The number of ether oxygens (including phenoxy) is 1. The molecule has 4 nitrogen and oxygen atoms in total. The van der Waals surface area contributed by atoms with Gasteiger partial charge in [-0.25, -0.2) is 0 Å². The van der Waals surface area contributed by atoms with Crippen LogP contribution in [0.3, 0.4) is 0 Å². The lowest BCUT2D eigenvalue weighted by molar-refractivity contribution is -0.141. The molecule has 1 rings (SSSR count). The van der Waals surface area contributed by atoms with Gasteiger partial charge < -0.3 is 10.1 Å². The Morgan fingerprint density at radius 3 is 2.21 bits per heavy atom. The summed E-state index contributed by atoms with van der Waals surface area (Å²) in [6.45, 7) is 8.28. The van der Waals surface area contributed by atoms with Crippen LogP contribution >= 0.6 is 0 Å². The molecule has 0 aliphatic heterocycles. The van der Waals surface area contributed by atoms with E-state index in [9.17, 15) is 9.59 Å². The summed E-state index contributed by atoms with van der Waals surface area (Å²) in [7, 11) is 0. The summed E-state index contributed by atoms with van der Waals surface area (Å²) in [5.41, 5.74) is 1.76. The van der Waals surface area contributed by atoms with Crippen molar-refractivity contribution in [1.29, 1.82) is 0 Å².